The minimum Gasteiger partial charge on any atom is -0.506 e. The molecule has 0 bridgehead atoms. The Labute approximate surface area is 80.7 Å². The molecule has 1 N–H and O–H groups in total. The van der Waals surface area contributed by atoms with Crippen molar-refractivity contribution >= 4 is 23.2 Å². The molecule has 1 rings (SSSR count). The molecule has 0 aliphatic rings. The highest BCUT2D eigenvalue weighted by molar-refractivity contribution is 6.43. The molecule has 0 saturated carbocycles. The number of aromatic hydroxyl groups is 1. The van der Waals surface area contributed by atoms with E-state index in [-0.39, 0.29) is 10.8 Å². The molecule has 0 spiro atoms. The van der Waals surface area contributed by atoms with Crippen LogP contribution in [0, 0.1) is 6.92 Å². The molecular formula is C8H8Cl2O2. The molecule has 4 heteroatoms. The van der Waals surface area contributed by atoms with Crippen LogP contribution in [0.5, 0.6) is 11.5 Å². The first kappa shape index (κ1) is 9.49. The summed E-state index contributed by atoms with van der Waals surface area (Å²) in [5.74, 6) is 0.464. The van der Waals surface area contributed by atoms with E-state index in [2.05, 4.69) is 0 Å². The number of ether oxygens (including phenoxy) is 1. The van der Waals surface area contributed by atoms with Crippen LogP contribution in [0.15, 0.2) is 6.07 Å². The van der Waals surface area contributed by atoms with Gasteiger partial charge in [0.15, 0.2) is 0 Å². The predicted molar refractivity (Wildman–Crippen MR) is 49.4 cm³/mol. The maximum Gasteiger partial charge on any atom is 0.139 e. The molecule has 0 heterocycles. The van der Waals surface area contributed by atoms with E-state index in [0.29, 0.717) is 10.8 Å². The van der Waals surface area contributed by atoms with Crippen LogP contribution in [-0.2, 0) is 0 Å². The lowest BCUT2D eigenvalue weighted by atomic mass is 10.2. The molecular weight excluding hydrogens is 199 g/mol. The van der Waals surface area contributed by atoms with Gasteiger partial charge in [-0.05, 0) is 6.92 Å². The van der Waals surface area contributed by atoms with Gasteiger partial charge >= 0.3 is 0 Å². The summed E-state index contributed by atoms with van der Waals surface area (Å²) in [6.07, 6.45) is 0. The Balaban J connectivity index is 3.39. The van der Waals surface area contributed by atoms with Gasteiger partial charge in [0.25, 0.3) is 0 Å². The SMILES string of the molecule is COc1cc(O)c(Cl)c(Cl)c1C. The van der Waals surface area contributed by atoms with Crippen molar-refractivity contribution in [3.05, 3.63) is 21.7 Å². The van der Waals surface area contributed by atoms with Gasteiger partial charge in [-0.1, -0.05) is 23.2 Å². The van der Waals surface area contributed by atoms with Crippen LogP contribution in [0.2, 0.25) is 10.0 Å². The maximum absolute atomic E-state index is 9.24. The van der Waals surface area contributed by atoms with E-state index in [1.165, 1.54) is 13.2 Å². The van der Waals surface area contributed by atoms with Gasteiger partial charge in [0.05, 0.1) is 12.1 Å². The predicted octanol–water partition coefficient (Wildman–Crippen LogP) is 3.02. The Morgan fingerprint density at radius 1 is 1.33 bits per heavy atom. The molecule has 1 aromatic carbocycles. The van der Waals surface area contributed by atoms with Gasteiger partial charge in [0, 0.05) is 11.6 Å². The zero-order valence-electron chi connectivity index (χ0n) is 6.69. The van der Waals surface area contributed by atoms with Gasteiger partial charge in [0.2, 0.25) is 0 Å². The summed E-state index contributed by atoms with van der Waals surface area (Å²) in [6.45, 7) is 1.77. The number of benzene rings is 1. The molecule has 0 unspecified atom stereocenters. The molecule has 0 fully saturated rings. The van der Waals surface area contributed by atoms with Crippen molar-refractivity contribution in [1.82, 2.24) is 0 Å². The van der Waals surface area contributed by atoms with Crippen LogP contribution in [0.4, 0.5) is 0 Å². The second-order valence-electron chi connectivity index (χ2n) is 2.35. The maximum atomic E-state index is 9.24. The summed E-state index contributed by atoms with van der Waals surface area (Å²) >= 11 is 11.5. The zero-order valence-corrected chi connectivity index (χ0v) is 8.20. The zero-order chi connectivity index (χ0) is 9.30. The van der Waals surface area contributed by atoms with E-state index < -0.39 is 0 Å². The lowest BCUT2D eigenvalue weighted by molar-refractivity contribution is 0.405. The van der Waals surface area contributed by atoms with Crippen molar-refractivity contribution in [2.45, 2.75) is 6.92 Å². The number of rotatable bonds is 1. The molecule has 0 aromatic heterocycles. The summed E-state index contributed by atoms with van der Waals surface area (Å²) in [4.78, 5) is 0. The third kappa shape index (κ3) is 1.45. The van der Waals surface area contributed by atoms with E-state index in [4.69, 9.17) is 27.9 Å². The fraction of sp³-hybridized carbons (Fsp3) is 0.250. The molecule has 0 saturated heterocycles. The first-order valence-electron chi connectivity index (χ1n) is 3.29. The van der Waals surface area contributed by atoms with Crippen LogP contribution in [0.1, 0.15) is 5.56 Å². The second kappa shape index (κ2) is 3.42. The number of hydrogen-bond donors (Lipinski definition) is 1. The molecule has 0 aliphatic heterocycles. The standard InChI is InChI=1S/C8H8Cl2O2/c1-4-6(12-2)3-5(11)8(10)7(4)9/h3,11H,1-2H3. The van der Waals surface area contributed by atoms with Crippen molar-refractivity contribution in [3.8, 4) is 11.5 Å². The molecule has 0 radical (unpaired) electrons. The number of hydrogen-bond acceptors (Lipinski definition) is 2. The average Bonchev–Trinajstić information content (AvgIpc) is 2.08. The van der Waals surface area contributed by atoms with Crippen molar-refractivity contribution in [2.24, 2.45) is 0 Å². The summed E-state index contributed by atoms with van der Waals surface area (Å²) < 4.78 is 4.96. The Morgan fingerprint density at radius 3 is 2.42 bits per heavy atom. The number of methoxy groups -OCH3 is 1. The first-order valence-corrected chi connectivity index (χ1v) is 4.05. The third-order valence-corrected chi connectivity index (χ3v) is 2.56. The number of halogens is 2. The van der Waals surface area contributed by atoms with Gasteiger partial charge in [-0.15, -0.1) is 0 Å². The van der Waals surface area contributed by atoms with Crippen LogP contribution in [0.3, 0.4) is 0 Å². The highest BCUT2D eigenvalue weighted by Gasteiger charge is 2.11. The second-order valence-corrected chi connectivity index (χ2v) is 3.11. The summed E-state index contributed by atoms with van der Waals surface area (Å²) in [5, 5.41) is 9.73. The number of phenolic OH excluding ortho intramolecular Hbond substituents is 1. The molecule has 0 atom stereocenters. The lowest BCUT2D eigenvalue weighted by Gasteiger charge is -2.08. The van der Waals surface area contributed by atoms with Crippen molar-refractivity contribution in [1.29, 1.82) is 0 Å². The van der Waals surface area contributed by atoms with E-state index in [0.717, 1.165) is 5.56 Å². The summed E-state index contributed by atoms with van der Waals surface area (Å²) in [6, 6.07) is 1.43. The van der Waals surface area contributed by atoms with E-state index in [1.807, 2.05) is 0 Å². The Kier molecular flexibility index (Phi) is 2.70. The van der Waals surface area contributed by atoms with Crippen LogP contribution in [-0.4, -0.2) is 12.2 Å². The van der Waals surface area contributed by atoms with Crippen molar-refractivity contribution in [2.75, 3.05) is 7.11 Å². The normalized spacial score (nSPS) is 10.0. The first-order chi connectivity index (χ1) is 5.57. The van der Waals surface area contributed by atoms with E-state index in [9.17, 15) is 5.11 Å². The van der Waals surface area contributed by atoms with Crippen LogP contribution >= 0.6 is 23.2 Å². The molecule has 2 nitrogen and oxygen atoms in total. The average molecular weight is 207 g/mol. The quantitative estimate of drug-likeness (QED) is 0.766. The minimum absolute atomic E-state index is 0.0656. The summed E-state index contributed by atoms with van der Waals surface area (Å²) in [5.41, 5.74) is 0.724. The molecule has 1 aromatic rings. The smallest absolute Gasteiger partial charge is 0.139 e. The lowest BCUT2D eigenvalue weighted by Crippen LogP contribution is -1.88. The molecule has 0 amide bonds. The molecule has 66 valence electrons. The fourth-order valence-corrected chi connectivity index (χ4v) is 1.28. The van der Waals surface area contributed by atoms with Gasteiger partial charge in [0.1, 0.15) is 16.5 Å². The van der Waals surface area contributed by atoms with Gasteiger partial charge in [-0.3, -0.25) is 0 Å². The Morgan fingerprint density at radius 2 is 1.92 bits per heavy atom. The van der Waals surface area contributed by atoms with Gasteiger partial charge < -0.3 is 9.84 Å². The van der Waals surface area contributed by atoms with Gasteiger partial charge in [-0.25, -0.2) is 0 Å². The van der Waals surface area contributed by atoms with Crippen molar-refractivity contribution in [3.63, 3.8) is 0 Å². The van der Waals surface area contributed by atoms with Crippen LogP contribution in [0.25, 0.3) is 0 Å². The highest BCUT2D eigenvalue weighted by Crippen LogP contribution is 2.38. The Bertz CT molecular complexity index is 310. The third-order valence-electron chi connectivity index (χ3n) is 1.60. The molecule has 12 heavy (non-hydrogen) atoms. The van der Waals surface area contributed by atoms with Crippen molar-refractivity contribution < 1.29 is 9.84 Å². The minimum atomic E-state index is -0.0656. The largest absolute Gasteiger partial charge is 0.506 e. The monoisotopic (exact) mass is 206 g/mol. The number of phenols is 1. The highest BCUT2D eigenvalue weighted by atomic mass is 35.5. The van der Waals surface area contributed by atoms with E-state index >= 15 is 0 Å². The van der Waals surface area contributed by atoms with E-state index in [1.54, 1.807) is 6.92 Å². The van der Waals surface area contributed by atoms with Gasteiger partial charge in [-0.2, -0.15) is 0 Å². The summed E-state index contributed by atoms with van der Waals surface area (Å²) in [7, 11) is 1.51. The topological polar surface area (TPSA) is 29.5 Å². The fourth-order valence-electron chi connectivity index (χ4n) is 0.893. The molecule has 0 aliphatic carbocycles. The Hall–Kier alpha value is -0.600. The van der Waals surface area contributed by atoms with Crippen LogP contribution < -0.4 is 4.74 Å².